The van der Waals surface area contributed by atoms with Gasteiger partial charge in [0.1, 0.15) is 0 Å². The number of hydrogen-bond acceptors (Lipinski definition) is 2. The molecule has 112 valence electrons. The molecule has 1 aromatic rings. The Bertz CT molecular complexity index is 526. The number of nitrogens with one attached hydrogen (secondary N) is 1. The molecule has 21 heavy (non-hydrogen) atoms. The zero-order chi connectivity index (χ0) is 15.2. The van der Waals surface area contributed by atoms with Gasteiger partial charge in [-0.1, -0.05) is 19.1 Å². The first-order chi connectivity index (χ1) is 10.0. The van der Waals surface area contributed by atoms with E-state index < -0.39 is 0 Å². The minimum absolute atomic E-state index is 0.0767. The molecule has 2 amide bonds. The maximum Gasteiger partial charge on any atom is 0.246 e. The van der Waals surface area contributed by atoms with E-state index in [1.54, 1.807) is 6.08 Å². The van der Waals surface area contributed by atoms with E-state index in [2.05, 4.69) is 12.2 Å². The lowest BCUT2D eigenvalue weighted by atomic mass is 9.99. The Labute approximate surface area is 125 Å². The van der Waals surface area contributed by atoms with Gasteiger partial charge in [-0.25, -0.2) is 0 Å². The van der Waals surface area contributed by atoms with E-state index in [1.165, 1.54) is 6.92 Å². The van der Waals surface area contributed by atoms with Crippen molar-refractivity contribution in [1.82, 2.24) is 4.90 Å². The van der Waals surface area contributed by atoms with E-state index in [1.807, 2.05) is 35.2 Å². The van der Waals surface area contributed by atoms with Gasteiger partial charge in [-0.2, -0.15) is 0 Å². The van der Waals surface area contributed by atoms with Gasteiger partial charge in [0.2, 0.25) is 11.8 Å². The lowest BCUT2D eigenvalue weighted by Gasteiger charge is -2.29. The van der Waals surface area contributed by atoms with Gasteiger partial charge in [0.15, 0.2) is 0 Å². The van der Waals surface area contributed by atoms with Crippen LogP contribution in [0.5, 0.6) is 0 Å². The van der Waals surface area contributed by atoms with E-state index in [0.29, 0.717) is 0 Å². The predicted molar refractivity (Wildman–Crippen MR) is 84.8 cm³/mol. The molecule has 1 N–H and O–H groups in total. The molecule has 0 atom stereocenters. The minimum Gasteiger partial charge on any atom is -0.339 e. The second-order valence-electron chi connectivity index (χ2n) is 5.64. The van der Waals surface area contributed by atoms with Crippen molar-refractivity contribution in [2.45, 2.75) is 26.7 Å². The number of hydrogen-bond donors (Lipinski definition) is 1. The van der Waals surface area contributed by atoms with Crippen LogP contribution in [0.25, 0.3) is 6.08 Å². The molecule has 0 saturated carbocycles. The Hall–Kier alpha value is -2.10. The summed E-state index contributed by atoms with van der Waals surface area (Å²) in [7, 11) is 0. The zero-order valence-electron chi connectivity index (χ0n) is 12.6. The summed E-state index contributed by atoms with van der Waals surface area (Å²) in [6.45, 7) is 5.41. The van der Waals surface area contributed by atoms with Crippen LogP contribution < -0.4 is 5.32 Å². The third kappa shape index (κ3) is 4.74. The number of amides is 2. The molecule has 1 aliphatic rings. The molecule has 0 spiro atoms. The molecule has 0 unspecified atom stereocenters. The van der Waals surface area contributed by atoms with Crippen molar-refractivity contribution in [2.24, 2.45) is 5.92 Å². The molecular formula is C17H22N2O2. The largest absolute Gasteiger partial charge is 0.339 e. The zero-order valence-corrected chi connectivity index (χ0v) is 12.6. The Balaban J connectivity index is 1.91. The van der Waals surface area contributed by atoms with Gasteiger partial charge in [0, 0.05) is 31.8 Å². The van der Waals surface area contributed by atoms with E-state index in [-0.39, 0.29) is 11.8 Å². The smallest absolute Gasteiger partial charge is 0.246 e. The predicted octanol–water partition coefficient (Wildman–Crippen LogP) is 2.92. The van der Waals surface area contributed by atoms with Crippen LogP contribution in [0.3, 0.4) is 0 Å². The van der Waals surface area contributed by atoms with Gasteiger partial charge in [-0.05, 0) is 42.5 Å². The number of likely N-dealkylation sites (tertiary alicyclic amines) is 1. The fourth-order valence-corrected chi connectivity index (χ4v) is 2.38. The van der Waals surface area contributed by atoms with Gasteiger partial charge in [0.25, 0.3) is 0 Å². The maximum absolute atomic E-state index is 12.1. The highest BCUT2D eigenvalue weighted by atomic mass is 16.2. The van der Waals surface area contributed by atoms with Crippen LogP contribution in [-0.2, 0) is 9.59 Å². The van der Waals surface area contributed by atoms with E-state index in [9.17, 15) is 9.59 Å². The first-order valence-electron chi connectivity index (χ1n) is 7.39. The number of rotatable bonds is 3. The van der Waals surface area contributed by atoms with Crippen molar-refractivity contribution in [3.8, 4) is 0 Å². The molecule has 4 heteroatoms. The van der Waals surface area contributed by atoms with Gasteiger partial charge >= 0.3 is 0 Å². The topological polar surface area (TPSA) is 49.4 Å². The highest BCUT2D eigenvalue weighted by Gasteiger charge is 2.18. The van der Waals surface area contributed by atoms with Crippen molar-refractivity contribution in [3.05, 3.63) is 35.9 Å². The normalized spacial score (nSPS) is 16.2. The summed E-state index contributed by atoms with van der Waals surface area (Å²) in [6.07, 6.45) is 5.62. The highest BCUT2D eigenvalue weighted by Crippen LogP contribution is 2.16. The summed E-state index contributed by atoms with van der Waals surface area (Å²) in [5.74, 6) is 0.708. The summed E-state index contributed by atoms with van der Waals surface area (Å²) in [5.41, 5.74) is 1.71. The molecule has 4 nitrogen and oxygen atoms in total. The highest BCUT2D eigenvalue weighted by molar-refractivity contribution is 5.92. The first-order valence-corrected chi connectivity index (χ1v) is 7.39. The molecule has 0 bridgehead atoms. The fraction of sp³-hybridized carbons (Fsp3) is 0.412. The van der Waals surface area contributed by atoms with Crippen molar-refractivity contribution in [1.29, 1.82) is 0 Å². The van der Waals surface area contributed by atoms with Crippen LogP contribution in [0, 0.1) is 5.92 Å². The Morgan fingerprint density at radius 2 is 1.81 bits per heavy atom. The SMILES string of the molecule is CC(=O)Nc1ccc(/C=C/C(=O)N2CCC(C)CC2)cc1. The third-order valence-corrected chi connectivity index (χ3v) is 3.74. The molecule has 1 aromatic carbocycles. The lowest BCUT2D eigenvalue weighted by molar-refractivity contribution is -0.127. The molecule has 2 rings (SSSR count). The summed E-state index contributed by atoms with van der Waals surface area (Å²) >= 11 is 0. The standard InChI is InChI=1S/C17H22N2O2/c1-13-9-11-19(12-10-13)17(21)8-5-15-3-6-16(7-4-15)18-14(2)20/h3-8,13H,9-12H2,1-2H3,(H,18,20)/b8-5+. The molecule has 0 radical (unpaired) electrons. The minimum atomic E-state index is -0.0900. The number of carbonyl (C=O) groups excluding carboxylic acids is 2. The quantitative estimate of drug-likeness (QED) is 0.869. The number of anilines is 1. The van der Waals surface area contributed by atoms with Crippen molar-refractivity contribution in [2.75, 3.05) is 18.4 Å². The molecule has 1 fully saturated rings. The van der Waals surface area contributed by atoms with Crippen molar-refractivity contribution >= 4 is 23.6 Å². The molecular weight excluding hydrogens is 264 g/mol. The molecule has 0 aliphatic carbocycles. The Kier molecular flexibility index (Phi) is 5.14. The monoisotopic (exact) mass is 286 g/mol. The number of carbonyl (C=O) groups is 2. The summed E-state index contributed by atoms with van der Waals surface area (Å²) in [6, 6.07) is 7.42. The van der Waals surface area contributed by atoms with Gasteiger partial charge in [0.05, 0.1) is 0 Å². The van der Waals surface area contributed by atoms with Crippen LogP contribution in [0.1, 0.15) is 32.3 Å². The van der Waals surface area contributed by atoms with Gasteiger partial charge < -0.3 is 10.2 Å². The van der Waals surface area contributed by atoms with Crippen LogP contribution in [-0.4, -0.2) is 29.8 Å². The number of benzene rings is 1. The summed E-state index contributed by atoms with van der Waals surface area (Å²) in [4.78, 5) is 24.9. The maximum atomic E-state index is 12.1. The summed E-state index contributed by atoms with van der Waals surface area (Å²) in [5, 5.41) is 2.71. The molecule has 1 heterocycles. The van der Waals surface area contributed by atoms with Crippen LogP contribution >= 0.6 is 0 Å². The third-order valence-electron chi connectivity index (χ3n) is 3.74. The van der Waals surface area contributed by atoms with E-state index in [4.69, 9.17) is 0 Å². The Morgan fingerprint density at radius 1 is 1.19 bits per heavy atom. The lowest BCUT2D eigenvalue weighted by Crippen LogP contribution is -2.36. The number of nitrogens with zero attached hydrogens (tertiary/aromatic N) is 1. The second kappa shape index (κ2) is 7.07. The van der Waals surface area contributed by atoms with Gasteiger partial charge in [-0.15, -0.1) is 0 Å². The fourth-order valence-electron chi connectivity index (χ4n) is 2.38. The van der Waals surface area contributed by atoms with Gasteiger partial charge in [-0.3, -0.25) is 9.59 Å². The van der Waals surface area contributed by atoms with Crippen LogP contribution in [0.2, 0.25) is 0 Å². The van der Waals surface area contributed by atoms with Crippen molar-refractivity contribution < 1.29 is 9.59 Å². The van der Waals surface area contributed by atoms with Crippen LogP contribution in [0.4, 0.5) is 5.69 Å². The van der Waals surface area contributed by atoms with E-state index in [0.717, 1.165) is 43.1 Å². The summed E-state index contributed by atoms with van der Waals surface area (Å²) < 4.78 is 0. The second-order valence-corrected chi connectivity index (χ2v) is 5.64. The molecule has 0 aromatic heterocycles. The van der Waals surface area contributed by atoms with Crippen LogP contribution in [0.15, 0.2) is 30.3 Å². The van der Waals surface area contributed by atoms with Crippen molar-refractivity contribution in [3.63, 3.8) is 0 Å². The average molecular weight is 286 g/mol. The average Bonchev–Trinajstić information content (AvgIpc) is 2.46. The molecule has 1 aliphatic heterocycles. The molecule has 1 saturated heterocycles. The first kappa shape index (κ1) is 15.3. The van der Waals surface area contributed by atoms with E-state index >= 15 is 0 Å². The Morgan fingerprint density at radius 3 is 2.38 bits per heavy atom. The number of piperidine rings is 1.